The van der Waals surface area contributed by atoms with E-state index in [1.54, 1.807) is 7.11 Å². The summed E-state index contributed by atoms with van der Waals surface area (Å²) in [5.74, 6) is 0.457. The van der Waals surface area contributed by atoms with Crippen LogP contribution in [0.3, 0.4) is 0 Å². The molecule has 3 heterocycles. The molecule has 0 radical (unpaired) electrons. The molecule has 1 aromatic carbocycles. The number of hydrogen-bond acceptors (Lipinski definition) is 5. The summed E-state index contributed by atoms with van der Waals surface area (Å²) in [7, 11) is 1.64. The summed E-state index contributed by atoms with van der Waals surface area (Å²) < 4.78 is 17.9. The number of carbonyl (C=O) groups excluding carboxylic acids is 1. The molecule has 0 bridgehead atoms. The Morgan fingerprint density at radius 3 is 2.71 bits per heavy atom. The fourth-order valence-electron chi connectivity index (χ4n) is 4.31. The fraction of sp³-hybridized carbons (Fsp3) is 0.545. The van der Waals surface area contributed by atoms with Crippen molar-refractivity contribution in [3.05, 3.63) is 36.0 Å². The van der Waals surface area contributed by atoms with Crippen molar-refractivity contribution in [1.29, 1.82) is 5.41 Å². The SMILES string of the molecule is COCCOCOCCn1ccc2c(C(=O)N3CCC4(CC3)CNC(=N)N4)cccc21. The smallest absolute Gasteiger partial charge is 0.254 e. The molecule has 3 N–H and O–H groups in total. The van der Waals surface area contributed by atoms with Crippen LogP contribution in [-0.4, -0.2) is 80.2 Å². The van der Waals surface area contributed by atoms with Crippen molar-refractivity contribution in [1.82, 2.24) is 20.1 Å². The zero-order chi connectivity index (χ0) is 21.7. The number of amides is 1. The number of methoxy groups -OCH3 is 1. The lowest BCUT2D eigenvalue weighted by Gasteiger charge is -2.38. The standard InChI is InChI=1S/C22H31N5O4/c1-29-13-14-31-16-30-12-11-26-8-5-17-18(3-2-4-19(17)26)20(28)27-9-6-22(7-10-27)15-24-21(23)25-22/h2-5,8H,6-7,9-16H2,1H3,(H3,23,24,25). The third-order valence-electron chi connectivity index (χ3n) is 6.12. The first-order valence-electron chi connectivity index (χ1n) is 10.7. The van der Waals surface area contributed by atoms with Crippen molar-refractivity contribution in [3.63, 3.8) is 0 Å². The van der Waals surface area contributed by atoms with Gasteiger partial charge in [0.25, 0.3) is 5.91 Å². The van der Waals surface area contributed by atoms with Gasteiger partial charge >= 0.3 is 0 Å². The van der Waals surface area contributed by atoms with Crippen molar-refractivity contribution in [2.75, 3.05) is 53.4 Å². The maximum atomic E-state index is 13.3. The Labute approximate surface area is 182 Å². The second-order valence-corrected chi connectivity index (χ2v) is 8.10. The van der Waals surface area contributed by atoms with Crippen LogP contribution in [-0.2, 0) is 20.8 Å². The van der Waals surface area contributed by atoms with Crippen LogP contribution in [0.15, 0.2) is 30.5 Å². The van der Waals surface area contributed by atoms with Crippen LogP contribution in [0.1, 0.15) is 23.2 Å². The highest BCUT2D eigenvalue weighted by Gasteiger charge is 2.40. The first-order valence-corrected chi connectivity index (χ1v) is 10.7. The molecule has 2 fully saturated rings. The lowest BCUT2D eigenvalue weighted by Crippen LogP contribution is -2.53. The number of nitrogens with zero attached hydrogens (tertiary/aromatic N) is 2. The lowest BCUT2D eigenvalue weighted by molar-refractivity contribution is -0.0672. The average molecular weight is 430 g/mol. The van der Waals surface area contributed by atoms with E-state index in [4.69, 9.17) is 19.6 Å². The van der Waals surface area contributed by atoms with Gasteiger partial charge in [-0.3, -0.25) is 10.2 Å². The summed E-state index contributed by atoms with van der Waals surface area (Å²) in [6, 6.07) is 7.89. The van der Waals surface area contributed by atoms with Gasteiger partial charge in [-0.15, -0.1) is 0 Å². The number of fused-ring (bicyclic) bond motifs is 1. The Bertz CT molecular complexity index is 920. The van der Waals surface area contributed by atoms with Gasteiger partial charge in [-0.1, -0.05) is 6.07 Å². The monoisotopic (exact) mass is 429 g/mol. The zero-order valence-corrected chi connectivity index (χ0v) is 18.0. The Hall–Kier alpha value is -2.62. The van der Waals surface area contributed by atoms with E-state index in [2.05, 4.69) is 15.2 Å². The summed E-state index contributed by atoms with van der Waals surface area (Å²) in [6.45, 7) is 4.66. The molecule has 0 aliphatic carbocycles. The van der Waals surface area contributed by atoms with Crippen molar-refractivity contribution in [2.24, 2.45) is 0 Å². The van der Waals surface area contributed by atoms with Gasteiger partial charge in [0.05, 0.1) is 25.4 Å². The molecular weight excluding hydrogens is 398 g/mol. The Kier molecular flexibility index (Phi) is 6.74. The van der Waals surface area contributed by atoms with Gasteiger partial charge in [0.2, 0.25) is 0 Å². The van der Waals surface area contributed by atoms with E-state index in [0.717, 1.165) is 35.9 Å². The normalized spacial score (nSPS) is 17.8. The minimum absolute atomic E-state index is 0.0713. The summed E-state index contributed by atoms with van der Waals surface area (Å²) in [5, 5.41) is 15.0. The van der Waals surface area contributed by atoms with Crippen molar-refractivity contribution in [2.45, 2.75) is 24.9 Å². The predicted molar refractivity (Wildman–Crippen MR) is 117 cm³/mol. The van der Waals surface area contributed by atoms with E-state index in [1.807, 2.05) is 35.4 Å². The van der Waals surface area contributed by atoms with Crippen molar-refractivity contribution < 1.29 is 19.0 Å². The molecule has 2 aliphatic heterocycles. The summed E-state index contributed by atoms with van der Waals surface area (Å²) >= 11 is 0. The zero-order valence-electron chi connectivity index (χ0n) is 18.0. The van der Waals surface area contributed by atoms with Gasteiger partial charge in [0, 0.05) is 56.0 Å². The van der Waals surface area contributed by atoms with Crippen molar-refractivity contribution in [3.8, 4) is 0 Å². The van der Waals surface area contributed by atoms with E-state index in [9.17, 15) is 4.79 Å². The highest BCUT2D eigenvalue weighted by Crippen LogP contribution is 2.27. The van der Waals surface area contributed by atoms with Crippen LogP contribution >= 0.6 is 0 Å². The van der Waals surface area contributed by atoms with E-state index < -0.39 is 0 Å². The van der Waals surface area contributed by atoms with Crippen LogP contribution in [0, 0.1) is 5.41 Å². The Morgan fingerprint density at radius 1 is 1.16 bits per heavy atom. The number of ether oxygens (including phenoxy) is 3. The topological polar surface area (TPSA) is 101 Å². The minimum Gasteiger partial charge on any atom is -0.382 e. The molecule has 1 aromatic heterocycles. The molecule has 1 amide bonds. The maximum Gasteiger partial charge on any atom is 0.254 e. The molecule has 9 nitrogen and oxygen atoms in total. The second kappa shape index (κ2) is 9.67. The quantitative estimate of drug-likeness (QED) is 0.411. The fourth-order valence-corrected chi connectivity index (χ4v) is 4.31. The third-order valence-corrected chi connectivity index (χ3v) is 6.12. The molecule has 2 saturated heterocycles. The summed E-state index contributed by atoms with van der Waals surface area (Å²) in [6.07, 6.45) is 3.69. The number of carbonyl (C=O) groups is 1. The number of piperidine rings is 1. The number of likely N-dealkylation sites (tertiary alicyclic amines) is 1. The molecule has 0 atom stereocenters. The van der Waals surface area contributed by atoms with Crippen LogP contribution in [0.4, 0.5) is 0 Å². The summed E-state index contributed by atoms with van der Waals surface area (Å²) in [4.78, 5) is 15.2. The Balaban J connectivity index is 1.35. The number of nitrogens with one attached hydrogen (secondary N) is 3. The summed E-state index contributed by atoms with van der Waals surface area (Å²) in [5.41, 5.74) is 1.68. The number of aromatic nitrogens is 1. The van der Waals surface area contributed by atoms with Crippen LogP contribution < -0.4 is 10.6 Å². The molecule has 168 valence electrons. The van der Waals surface area contributed by atoms with Gasteiger partial charge < -0.3 is 34.3 Å². The molecule has 0 unspecified atom stereocenters. The van der Waals surface area contributed by atoms with Crippen LogP contribution in [0.5, 0.6) is 0 Å². The average Bonchev–Trinajstić information content (AvgIpc) is 3.36. The molecule has 1 spiro atoms. The predicted octanol–water partition coefficient (Wildman–Crippen LogP) is 1.38. The molecule has 2 aliphatic rings. The first kappa shape index (κ1) is 21.6. The molecule has 9 heteroatoms. The molecule has 31 heavy (non-hydrogen) atoms. The van der Waals surface area contributed by atoms with E-state index in [-0.39, 0.29) is 18.2 Å². The van der Waals surface area contributed by atoms with Crippen LogP contribution in [0.2, 0.25) is 0 Å². The first-order chi connectivity index (χ1) is 15.1. The Morgan fingerprint density at radius 2 is 1.97 bits per heavy atom. The van der Waals surface area contributed by atoms with Gasteiger partial charge in [-0.25, -0.2) is 0 Å². The highest BCUT2D eigenvalue weighted by atomic mass is 16.7. The second-order valence-electron chi connectivity index (χ2n) is 8.10. The van der Waals surface area contributed by atoms with E-state index >= 15 is 0 Å². The lowest BCUT2D eigenvalue weighted by atomic mass is 9.88. The van der Waals surface area contributed by atoms with Gasteiger partial charge in [0.1, 0.15) is 6.79 Å². The molecule has 4 rings (SSSR count). The van der Waals surface area contributed by atoms with Gasteiger partial charge in [-0.05, 0) is 31.0 Å². The molecular formula is C22H31N5O4. The maximum absolute atomic E-state index is 13.3. The molecule has 0 saturated carbocycles. The van der Waals surface area contributed by atoms with Crippen LogP contribution in [0.25, 0.3) is 10.9 Å². The van der Waals surface area contributed by atoms with E-state index in [1.165, 1.54) is 0 Å². The molecule has 2 aromatic rings. The van der Waals surface area contributed by atoms with E-state index in [0.29, 0.717) is 45.4 Å². The van der Waals surface area contributed by atoms with Crippen molar-refractivity contribution >= 4 is 22.8 Å². The number of rotatable bonds is 9. The third kappa shape index (κ3) is 4.84. The largest absolute Gasteiger partial charge is 0.382 e. The van der Waals surface area contributed by atoms with Gasteiger partial charge in [0.15, 0.2) is 5.96 Å². The number of benzene rings is 1. The number of guanidine groups is 1. The van der Waals surface area contributed by atoms with Gasteiger partial charge in [-0.2, -0.15) is 0 Å². The number of hydrogen-bond donors (Lipinski definition) is 3. The highest BCUT2D eigenvalue weighted by molar-refractivity contribution is 6.06. The minimum atomic E-state index is -0.0868.